The average Bonchev–Trinajstić information content (AvgIpc) is 2.36. The minimum Gasteiger partial charge on any atom is -0.348 e. The fourth-order valence-corrected chi connectivity index (χ4v) is 2.03. The first-order valence-corrected chi connectivity index (χ1v) is 5.89. The molecule has 0 saturated heterocycles. The number of hydrogen-bond acceptors (Lipinski definition) is 1. The molecule has 2 aromatic rings. The normalized spacial score (nSPS) is 12.4. The molecular weight excluding hydrogens is 229 g/mol. The third-order valence-corrected chi connectivity index (χ3v) is 3.14. The van der Waals surface area contributed by atoms with E-state index < -0.39 is 0 Å². The first-order chi connectivity index (χ1) is 8.49. The Morgan fingerprint density at radius 3 is 2.39 bits per heavy atom. The molecule has 0 radical (unpaired) electrons. The van der Waals surface area contributed by atoms with E-state index in [0.29, 0.717) is 0 Å². The van der Waals surface area contributed by atoms with Crippen molar-refractivity contribution in [2.45, 2.75) is 12.8 Å². The van der Waals surface area contributed by atoms with E-state index in [2.05, 4.69) is 0 Å². The van der Waals surface area contributed by atoms with Gasteiger partial charge in [0.05, 0.1) is 5.92 Å². The zero-order chi connectivity index (χ0) is 13.3. The lowest BCUT2D eigenvalue weighted by Crippen LogP contribution is -2.26. The molecule has 0 saturated carbocycles. The van der Waals surface area contributed by atoms with Crippen molar-refractivity contribution in [3.63, 3.8) is 0 Å². The van der Waals surface area contributed by atoms with Gasteiger partial charge in [-0.2, -0.15) is 0 Å². The first-order valence-electron chi connectivity index (χ1n) is 5.89. The fourth-order valence-electron chi connectivity index (χ4n) is 2.03. The standard InChI is InChI=1S/C15H16FNO/c1-10(15(18)17(2)3)11-4-5-13-9-14(16)7-6-12(13)8-11/h4-10H,1-3H3. The van der Waals surface area contributed by atoms with E-state index in [9.17, 15) is 9.18 Å². The molecule has 0 aromatic heterocycles. The summed E-state index contributed by atoms with van der Waals surface area (Å²) >= 11 is 0. The van der Waals surface area contributed by atoms with Gasteiger partial charge in [-0.15, -0.1) is 0 Å². The highest BCUT2D eigenvalue weighted by Gasteiger charge is 2.17. The van der Waals surface area contributed by atoms with Crippen LogP contribution in [0, 0.1) is 5.82 Å². The lowest BCUT2D eigenvalue weighted by Gasteiger charge is -2.17. The molecule has 3 heteroatoms. The molecule has 2 nitrogen and oxygen atoms in total. The Morgan fingerprint density at radius 2 is 1.72 bits per heavy atom. The summed E-state index contributed by atoms with van der Waals surface area (Å²) in [5.74, 6) is -0.362. The van der Waals surface area contributed by atoms with Gasteiger partial charge < -0.3 is 4.90 Å². The van der Waals surface area contributed by atoms with Crippen molar-refractivity contribution in [3.05, 3.63) is 47.8 Å². The maximum absolute atomic E-state index is 13.1. The monoisotopic (exact) mass is 245 g/mol. The highest BCUT2D eigenvalue weighted by atomic mass is 19.1. The summed E-state index contributed by atoms with van der Waals surface area (Å²) in [7, 11) is 3.49. The maximum Gasteiger partial charge on any atom is 0.229 e. The number of benzene rings is 2. The van der Waals surface area contributed by atoms with Crippen molar-refractivity contribution in [3.8, 4) is 0 Å². The van der Waals surface area contributed by atoms with Crippen LogP contribution < -0.4 is 0 Å². The average molecular weight is 245 g/mol. The van der Waals surface area contributed by atoms with Crippen LogP contribution in [0.3, 0.4) is 0 Å². The number of nitrogens with zero attached hydrogens (tertiary/aromatic N) is 1. The third kappa shape index (κ3) is 2.35. The predicted octanol–water partition coefficient (Wildman–Crippen LogP) is 3.17. The summed E-state index contributed by atoms with van der Waals surface area (Å²) in [6.45, 7) is 1.88. The molecule has 1 unspecified atom stereocenters. The van der Waals surface area contributed by atoms with Crippen LogP contribution >= 0.6 is 0 Å². The van der Waals surface area contributed by atoms with Crippen molar-refractivity contribution < 1.29 is 9.18 Å². The van der Waals surface area contributed by atoms with Gasteiger partial charge in [-0.05, 0) is 35.4 Å². The second kappa shape index (κ2) is 4.77. The van der Waals surface area contributed by atoms with E-state index in [0.717, 1.165) is 16.3 Å². The van der Waals surface area contributed by atoms with Crippen molar-refractivity contribution in [1.29, 1.82) is 0 Å². The summed E-state index contributed by atoms with van der Waals surface area (Å²) < 4.78 is 13.1. The van der Waals surface area contributed by atoms with Gasteiger partial charge in [0.25, 0.3) is 0 Å². The highest BCUT2D eigenvalue weighted by molar-refractivity contribution is 5.87. The van der Waals surface area contributed by atoms with Crippen molar-refractivity contribution in [2.75, 3.05) is 14.1 Å². The number of carbonyl (C=O) groups is 1. The van der Waals surface area contributed by atoms with Crippen LogP contribution in [0.15, 0.2) is 36.4 Å². The molecular formula is C15H16FNO. The quantitative estimate of drug-likeness (QED) is 0.795. The Labute approximate surface area is 106 Å². The lowest BCUT2D eigenvalue weighted by atomic mass is 9.97. The maximum atomic E-state index is 13.1. The molecule has 94 valence electrons. The largest absolute Gasteiger partial charge is 0.348 e. The molecule has 0 fully saturated rings. The Morgan fingerprint density at radius 1 is 1.11 bits per heavy atom. The van der Waals surface area contributed by atoms with Gasteiger partial charge in [-0.3, -0.25) is 4.79 Å². The summed E-state index contributed by atoms with van der Waals surface area (Å²) in [6, 6.07) is 10.4. The molecule has 2 rings (SSSR count). The summed E-state index contributed by atoms with van der Waals surface area (Å²) in [5, 5.41) is 1.80. The van der Waals surface area contributed by atoms with Crippen LogP contribution in [0.2, 0.25) is 0 Å². The van der Waals surface area contributed by atoms with Gasteiger partial charge in [-0.1, -0.05) is 24.3 Å². The molecule has 18 heavy (non-hydrogen) atoms. The van der Waals surface area contributed by atoms with Gasteiger partial charge in [0.15, 0.2) is 0 Å². The summed E-state index contributed by atoms with van der Waals surface area (Å²) in [5.41, 5.74) is 0.952. The molecule has 1 amide bonds. The van der Waals surface area contributed by atoms with Crippen LogP contribution in [0.5, 0.6) is 0 Å². The number of amides is 1. The van der Waals surface area contributed by atoms with Gasteiger partial charge >= 0.3 is 0 Å². The number of hydrogen-bond donors (Lipinski definition) is 0. The molecule has 0 aliphatic carbocycles. The van der Waals surface area contributed by atoms with Crippen LogP contribution in [0.25, 0.3) is 10.8 Å². The van der Waals surface area contributed by atoms with E-state index in [4.69, 9.17) is 0 Å². The smallest absolute Gasteiger partial charge is 0.229 e. The summed E-state index contributed by atoms with van der Waals surface area (Å²) in [6.07, 6.45) is 0. The van der Waals surface area contributed by atoms with Crippen LogP contribution in [-0.4, -0.2) is 24.9 Å². The van der Waals surface area contributed by atoms with E-state index in [-0.39, 0.29) is 17.6 Å². The van der Waals surface area contributed by atoms with E-state index in [1.54, 1.807) is 25.1 Å². The highest BCUT2D eigenvalue weighted by Crippen LogP contribution is 2.23. The third-order valence-electron chi connectivity index (χ3n) is 3.14. The number of likely N-dealkylation sites (N-methyl/N-ethyl adjacent to an activating group) is 1. The van der Waals surface area contributed by atoms with E-state index in [1.807, 2.05) is 25.1 Å². The number of fused-ring (bicyclic) bond motifs is 1. The van der Waals surface area contributed by atoms with Crippen molar-refractivity contribution in [1.82, 2.24) is 4.90 Å². The molecule has 0 aliphatic heterocycles. The minimum atomic E-state index is -0.243. The molecule has 0 bridgehead atoms. The molecule has 0 N–H and O–H groups in total. The van der Waals surface area contributed by atoms with Gasteiger partial charge in [0.2, 0.25) is 5.91 Å². The Hall–Kier alpha value is -1.90. The molecule has 0 spiro atoms. The number of halogens is 1. The lowest BCUT2D eigenvalue weighted by molar-refractivity contribution is -0.129. The second-order valence-corrected chi connectivity index (χ2v) is 4.71. The number of carbonyl (C=O) groups excluding carboxylic acids is 1. The van der Waals surface area contributed by atoms with Crippen molar-refractivity contribution >= 4 is 16.7 Å². The zero-order valence-corrected chi connectivity index (χ0v) is 10.8. The van der Waals surface area contributed by atoms with Crippen molar-refractivity contribution in [2.24, 2.45) is 0 Å². The first kappa shape index (κ1) is 12.6. The SMILES string of the molecule is CC(C(=O)N(C)C)c1ccc2cc(F)ccc2c1. The van der Waals surface area contributed by atoms with E-state index in [1.165, 1.54) is 12.1 Å². The minimum absolute atomic E-state index is 0.0662. The van der Waals surface area contributed by atoms with Crippen LogP contribution in [-0.2, 0) is 4.79 Å². The Balaban J connectivity index is 2.41. The Bertz CT molecular complexity index is 592. The summed E-state index contributed by atoms with van der Waals surface area (Å²) in [4.78, 5) is 13.5. The molecule has 0 heterocycles. The number of rotatable bonds is 2. The topological polar surface area (TPSA) is 20.3 Å². The van der Waals surface area contributed by atoms with Gasteiger partial charge in [-0.25, -0.2) is 4.39 Å². The Kier molecular flexibility index (Phi) is 3.32. The molecule has 1 atom stereocenters. The molecule has 0 aliphatic rings. The predicted molar refractivity (Wildman–Crippen MR) is 71.0 cm³/mol. The van der Waals surface area contributed by atoms with E-state index >= 15 is 0 Å². The van der Waals surface area contributed by atoms with Crippen LogP contribution in [0.4, 0.5) is 4.39 Å². The zero-order valence-electron chi connectivity index (χ0n) is 10.8. The van der Waals surface area contributed by atoms with Crippen LogP contribution in [0.1, 0.15) is 18.4 Å². The second-order valence-electron chi connectivity index (χ2n) is 4.71. The van der Waals surface area contributed by atoms with Gasteiger partial charge in [0, 0.05) is 14.1 Å². The fraction of sp³-hybridized carbons (Fsp3) is 0.267. The molecule has 2 aromatic carbocycles. The van der Waals surface area contributed by atoms with Gasteiger partial charge in [0.1, 0.15) is 5.82 Å².